The largest absolute Gasteiger partial charge is 0.368 e. The zero-order valence-corrected chi connectivity index (χ0v) is 16.9. The van der Waals surface area contributed by atoms with Crippen molar-refractivity contribution in [2.24, 2.45) is 7.05 Å². The number of halogens is 1. The van der Waals surface area contributed by atoms with Gasteiger partial charge in [-0.2, -0.15) is 10.1 Å². The van der Waals surface area contributed by atoms with Gasteiger partial charge < -0.3 is 11.1 Å². The van der Waals surface area contributed by atoms with E-state index in [1.54, 1.807) is 0 Å². The summed E-state index contributed by atoms with van der Waals surface area (Å²) < 4.78 is 2.88. The number of aryl methyl sites for hydroxylation is 2. The molecule has 6 nitrogen and oxygen atoms in total. The molecule has 2 aromatic heterocycles. The van der Waals surface area contributed by atoms with Gasteiger partial charge in [0.05, 0.1) is 11.2 Å². The molecule has 4 aromatic rings. The predicted molar refractivity (Wildman–Crippen MR) is 113 cm³/mol. The quantitative estimate of drug-likeness (QED) is 0.498. The first-order chi connectivity index (χ1) is 12.9. The molecule has 0 unspecified atom stereocenters. The van der Waals surface area contributed by atoms with E-state index >= 15 is 0 Å². The molecule has 0 radical (unpaired) electrons. The molecule has 0 saturated carbocycles. The third-order valence-corrected chi connectivity index (χ3v) is 5.09. The number of benzene rings is 2. The van der Waals surface area contributed by atoms with Crippen LogP contribution in [-0.2, 0) is 7.05 Å². The molecule has 136 valence electrons. The molecule has 3 N–H and O–H groups in total. The van der Waals surface area contributed by atoms with Crippen LogP contribution in [0.1, 0.15) is 11.4 Å². The summed E-state index contributed by atoms with van der Waals surface area (Å²) in [5.41, 5.74) is 12.0. The van der Waals surface area contributed by atoms with Crippen LogP contribution < -0.4 is 11.1 Å². The van der Waals surface area contributed by atoms with E-state index in [2.05, 4.69) is 55.4 Å². The van der Waals surface area contributed by atoms with Crippen LogP contribution in [0.5, 0.6) is 0 Å². The molecule has 0 fully saturated rings. The fourth-order valence-corrected chi connectivity index (χ4v) is 3.69. The Labute approximate surface area is 165 Å². The number of hydrogen-bond acceptors (Lipinski definition) is 5. The van der Waals surface area contributed by atoms with Gasteiger partial charge in [0.2, 0.25) is 5.95 Å². The fraction of sp³-hybridized carbons (Fsp3) is 0.150. The summed E-state index contributed by atoms with van der Waals surface area (Å²) in [6.07, 6.45) is 0. The first-order valence-electron chi connectivity index (χ1n) is 8.53. The van der Waals surface area contributed by atoms with Crippen molar-refractivity contribution < 1.29 is 0 Å². The number of nitrogens with one attached hydrogen (secondary N) is 1. The van der Waals surface area contributed by atoms with Gasteiger partial charge >= 0.3 is 0 Å². The van der Waals surface area contributed by atoms with Crippen molar-refractivity contribution in [2.75, 3.05) is 11.1 Å². The van der Waals surface area contributed by atoms with Crippen LogP contribution in [0.15, 0.2) is 46.9 Å². The van der Waals surface area contributed by atoms with Crippen LogP contribution in [-0.4, -0.2) is 19.7 Å². The molecule has 0 aliphatic rings. The Bertz CT molecular complexity index is 1160. The summed E-state index contributed by atoms with van der Waals surface area (Å²) in [6.45, 7) is 4.09. The maximum atomic E-state index is 5.92. The number of nitrogens with zero attached hydrogens (tertiary/aromatic N) is 4. The Morgan fingerprint density at radius 3 is 2.59 bits per heavy atom. The van der Waals surface area contributed by atoms with Gasteiger partial charge in [0.25, 0.3) is 0 Å². The van der Waals surface area contributed by atoms with Crippen molar-refractivity contribution >= 4 is 44.3 Å². The zero-order valence-electron chi connectivity index (χ0n) is 15.3. The van der Waals surface area contributed by atoms with E-state index in [0.717, 1.165) is 43.6 Å². The number of fused-ring (bicyclic) bond motifs is 1. The lowest BCUT2D eigenvalue weighted by atomic mass is 10.0. The van der Waals surface area contributed by atoms with Crippen molar-refractivity contribution in [2.45, 2.75) is 13.8 Å². The molecule has 4 rings (SSSR count). The number of rotatable bonds is 3. The van der Waals surface area contributed by atoms with Crippen molar-refractivity contribution in [1.82, 2.24) is 19.7 Å². The minimum absolute atomic E-state index is 0.237. The van der Waals surface area contributed by atoms with Gasteiger partial charge in [0, 0.05) is 33.9 Å². The van der Waals surface area contributed by atoms with Gasteiger partial charge in [-0.25, -0.2) is 4.98 Å². The molecular formula is C20H19BrN6. The number of anilines is 3. The summed E-state index contributed by atoms with van der Waals surface area (Å²) in [5.74, 6) is 0.915. The second-order valence-electron chi connectivity index (χ2n) is 6.47. The second-order valence-corrected chi connectivity index (χ2v) is 7.38. The van der Waals surface area contributed by atoms with Gasteiger partial charge in [0.15, 0.2) is 0 Å². The third-order valence-electron chi connectivity index (χ3n) is 4.60. The molecular weight excluding hydrogens is 404 g/mol. The van der Waals surface area contributed by atoms with Crippen molar-refractivity contribution in [3.8, 4) is 11.1 Å². The van der Waals surface area contributed by atoms with Crippen LogP contribution in [0.2, 0.25) is 0 Å². The standard InChI is InChI=1S/C20H19BrN6/c1-11-18(12(2)27(3)26-11)13-7-8-17-16(9-13)19(25-20(22)24-17)23-15-6-4-5-14(21)10-15/h4-10H,1-3H3,(H3,22,23,24,25). The number of nitrogen functional groups attached to an aromatic ring is 1. The fourth-order valence-electron chi connectivity index (χ4n) is 3.29. The van der Waals surface area contributed by atoms with Crippen molar-refractivity contribution in [3.05, 3.63) is 58.3 Å². The van der Waals surface area contributed by atoms with Crippen molar-refractivity contribution in [1.29, 1.82) is 0 Å². The van der Waals surface area contributed by atoms with E-state index in [9.17, 15) is 0 Å². The number of aromatic nitrogens is 4. The van der Waals surface area contributed by atoms with Gasteiger partial charge in [-0.3, -0.25) is 4.68 Å². The molecule has 0 atom stereocenters. The molecule has 0 saturated heterocycles. The Morgan fingerprint density at radius 1 is 1.07 bits per heavy atom. The Kier molecular flexibility index (Phi) is 4.31. The zero-order chi connectivity index (χ0) is 19.1. The van der Waals surface area contributed by atoms with Crippen LogP contribution >= 0.6 is 15.9 Å². The molecule has 2 aromatic carbocycles. The van der Waals surface area contributed by atoms with Crippen LogP contribution in [0.3, 0.4) is 0 Å². The summed E-state index contributed by atoms with van der Waals surface area (Å²) in [7, 11) is 1.96. The average Bonchev–Trinajstić information content (AvgIpc) is 2.87. The lowest BCUT2D eigenvalue weighted by Crippen LogP contribution is -2.01. The summed E-state index contributed by atoms with van der Waals surface area (Å²) in [6, 6.07) is 14.0. The minimum atomic E-state index is 0.237. The Hall–Kier alpha value is -2.93. The lowest BCUT2D eigenvalue weighted by Gasteiger charge is -2.11. The topological polar surface area (TPSA) is 81.7 Å². The first-order valence-corrected chi connectivity index (χ1v) is 9.32. The Morgan fingerprint density at radius 2 is 1.89 bits per heavy atom. The summed E-state index contributed by atoms with van der Waals surface area (Å²) in [4.78, 5) is 8.81. The van der Waals surface area contributed by atoms with Crippen LogP contribution in [0, 0.1) is 13.8 Å². The molecule has 0 spiro atoms. The first kappa shape index (κ1) is 17.5. The van der Waals surface area contributed by atoms with E-state index in [1.165, 1.54) is 0 Å². The second kappa shape index (κ2) is 6.66. The van der Waals surface area contributed by atoms with Gasteiger partial charge in [-0.15, -0.1) is 0 Å². The predicted octanol–water partition coefficient (Wildman–Crippen LogP) is 4.74. The molecule has 0 aliphatic carbocycles. The van der Waals surface area contributed by atoms with E-state index in [-0.39, 0.29) is 5.95 Å². The molecule has 0 aliphatic heterocycles. The van der Waals surface area contributed by atoms with Gasteiger partial charge in [0.1, 0.15) is 5.82 Å². The molecule has 0 amide bonds. The summed E-state index contributed by atoms with van der Waals surface area (Å²) in [5, 5.41) is 8.79. The minimum Gasteiger partial charge on any atom is -0.368 e. The smallest absolute Gasteiger partial charge is 0.222 e. The normalized spacial score (nSPS) is 11.1. The van der Waals surface area contributed by atoms with Crippen LogP contribution in [0.25, 0.3) is 22.0 Å². The monoisotopic (exact) mass is 422 g/mol. The highest BCUT2D eigenvalue weighted by molar-refractivity contribution is 9.10. The van der Waals surface area contributed by atoms with Gasteiger partial charge in [-0.05, 0) is 49.7 Å². The van der Waals surface area contributed by atoms with E-state index in [0.29, 0.717) is 5.82 Å². The highest BCUT2D eigenvalue weighted by atomic mass is 79.9. The highest BCUT2D eigenvalue weighted by Crippen LogP contribution is 2.32. The van der Waals surface area contributed by atoms with Crippen molar-refractivity contribution in [3.63, 3.8) is 0 Å². The maximum absolute atomic E-state index is 5.92. The van der Waals surface area contributed by atoms with E-state index in [1.807, 2.05) is 49.0 Å². The van der Waals surface area contributed by atoms with E-state index in [4.69, 9.17) is 5.73 Å². The SMILES string of the molecule is Cc1nn(C)c(C)c1-c1ccc2nc(N)nc(Nc3cccc(Br)c3)c2c1. The molecule has 0 bridgehead atoms. The Balaban J connectivity index is 1.88. The number of nitrogens with two attached hydrogens (primary N) is 1. The van der Waals surface area contributed by atoms with E-state index < -0.39 is 0 Å². The maximum Gasteiger partial charge on any atom is 0.222 e. The molecule has 2 heterocycles. The summed E-state index contributed by atoms with van der Waals surface area (Å²) >= 11 is 3.49. The molecule has 7 heteroatoms. The molecule has 27 heavy (non-hydrogen) atoms. The number of hydrogen-bond donors (Lipinski definition) is 2. The third kappa shape index (κ3) is 3.26. The average molecular weight is 423 g/mol. The highest BCUT2D eigenvalue weighted by Gasteiger charge is 2.14. The lowest BCUT2D eigenvalue weighted by molar-refractivity contribution is 0.731. The van der Waals surface area contributed by atoms with Crippen LogP contribution in [0.4, 0.5) is 17.5 Å². The van der Waals surface area contributed by atoms with Gasteiger partial charge in [-0.1, -0.05) is 28.1 Å².